The van der Waals surface area contributed by atoms with Crippen molar-refractivity contribution in [2.45, 2.75) is 25.8 Å². The molecule has 2 N–H and O–H groups in total. The van der Waals surface area contributed by atoms with Crippen molar-refractivity contribution >= 4 is 35.3 Å². The van der Waals surface area contributed by atoms with Crippen molar-refractivity contribution in [1.82, 2.24) is 14.7 Å². The fraction of sp³-hybridized carbons (Fsp3) is 0.647. The van der Waals surface area contributed by atoms with Gasteiger partial charge in [0.2, 0.25) is 5.91 Å². The third-order valence-corrected chi connectivity index (χ3v) is 5.36. The largest absolute Gasteiger partial charge is 0.369 e. The number of nitrogens with two attached hydrogens (primary N) is 1. The number of piperidine rings is 1. The predicted molar refractivity (Wildman–Crippen MR) is 96.3 cm³/mol. The second-order valence-electron chi connectivity index (χ2n) is 7.31. The Morgan fingerprint density at radius 1 is 1.19 bits per heavy atom. The molecule has 1 unspecified atom stereocenters. The number of hydrogen-bond acceptors (Lipinski definition) is 6. The minimum atomic E-state index is -0.764. The first-order valence-corrected chi connectivity index (χ1v) is 8.98. The number of hydrogen-bond donors (Lipinski definition) is 1. The van der Waals surface area contributed by atoms with Gasteiger partial charge in [-0.15, -0.1) is 0 Å². The molecule has 2 fully saturated rings. The molecule has 2 saturated heterocycles. The third kappa shape index (κ3) is 3.48. The van der Waals surface area contributed by atoms with Gasteiger partial charge >= 0.3 is 11.9 Å². The summed E-state index contributed by atoms with van der Waals surface area (Å²) in [6.45, 7) is 3.32. The van der Waals surface area contributed by atoms with E-state index in [1.54, 1.807) is 11.6 Å². The summed E-state index contributed by atoms with van der Waals surface area (Å²) < 4.78 is 1.68. The van der Waals surface area contributed by atoms with Crippen LogP contribution in [0.3, 0.4) is 0 Å². The number of nitrogens with zero attached hydrogens (tertiary/aromatic N) is 5. The van der Waals surface area contributed by atoms with Gasteiger partial charge in [-0.1, -0.05) is 0 Å². The molecule has 0 aromatic carbocycles. The Kier molecular flexibility index (Phi) is 5.09. The van der Waals surface area contributed by atoms with Gasteiger partial charge in [-0.05, 0) is 37.8 Å². The zero-order valence-electron chi connectivity index (χ0n) is 15.8. The van der Waals surface area contributed by atoms with Gasteiger partial charge in [0.15, 0.2) is 5.78 Å². The van der Waals surface area contributed by atoms with Crippen LogP contribution in [0.4, 0.5) is 4.79 Å². The number of carbonyl (C=O) groups is 4. The Labute approximate surface area is 157 Å². The first-order chi connectivity index (χ1) is 12.7. The summed E-state index contributed by atoms with van der Waals surface area (Å²) >= 11 is 0. The lowest BCUT2D eigenvalue weighted by molar-refractivity contribution is -0.524. The Hall–Kier alpha value is -2.62. The summed E-state index contributed by atoms with van der Waals surface area (Å²) in [7, 11) is 3.00. The van der Waals surface area contributed by atoms with Gasteiger partial charge in [-0.2, -0.15) is 0 Å². The number of imide groups is 1. The molecule has 3 aliphatic heterocycles. The molecule has 0 aliphatic carbocycles. The molecule has 4 amide bonds. The molecule has 0 radical (unpaired) electrons. The van der Waals surface area contributed by atoms with Crippen molar-refractivity contribution in [2.24, 2.45) is 16.6 Å². The monoisotopic (exact) mass is 377 g/mol. The number of urea groups is 1. The fourth-order valence-corrected chi connectivity index (χ4v) is 3.77. The number of amides is 4. The van der Waals surface area contributed by atoms with Crippen molar-refractivity contribution < 1.29 is 23.8 Å². The fourth-order valence-electron chi connectivity index (χ4n) is 3.77. The second kappa shape index (κ2) is 7.18. The summed E-state index contributed by atoms with van der Waals surface area (Å²) in [4.78, 5) is 57.1. The molecule has 0 saturated carbocycles. The standard InChI is InChI=1S/C17H24N6O4/c1-10(24)8-23-12(9-22-6-4-11(5-7-22)14(18)25)19-15-13(23)16(26)21(3)17(27)20(15)2/h11,13H,4-9H2,1-3H3,(H-,18,25)/p+1. The summed E-state index contributed by atoms with van der Waals surface area (Å²) in [6, 6.07) is -1.21. The van der Waals surface area contributed by atoms with Crippen LogP contribution >= 0.6 is 0 Å². The van der Waals surface area contributed by atoms with Crippen molar-refractivity contribution in [1.29, 1.82) is 0 Å². The smallest absolute Gasteiger partial charge is 0.333 e. The molecule has 27 heavy (non-hydrogen) atoms. The van der Waals surface area contributed by atoms with E-state index in [9.17, 15) is 19.2 Å². The minimum Gasteiger partial charge on any atom is -0.369 e. The van der Waals surface area contributed by atoms with Crippen LogP contribution < -0.4 is 5.73 Å². The maximum atomic E-state index is 12.7. The van der Waals surface area contributed by atoms with E-state index >= 15 is 0 Å². The summed E-state index contributed by atoms with van der Waals surface area (Å²) in [5.41, 5.74) is 5.38. The normalized spacial score (nSPS) is 24.4. The molecule has 3 aliphatic rings. The SMILES string of the molecule is CC(=O)C[N+]1=C(CN2CCC(C(N)=O)CC2)N=C2C1C(=O)N(C)C(=O)N2C. The van der Waals surface area contributed by atoms with Crippen molar-refractivity contribution in [3.05, 3.63) is 0 Å². The number of fused-ring (bicyclic) bond motifs is 1. The lowest BCUT2D eigenvalue weighted by atomic mass is 9.96. The highest BCUT2D eigenvalue weighted by molar-refractivity contribution is 6.23. The quantitative estimate of drug-likeness (QED) is 0.584. The minimum absolute atomic E-state index is 0.0480. The number of likely N-dealkylation sites (tertiary alicyclic amines) is 1. The van der Waals surface area contributed by atoms with E-state index in [-0.39, 0.29) is 30.1 Å². The van der Waals surface area contributed by atoms with Crippen LogP contribution in [0.5, 0.6) is 0 Å². The number of amidine groups is 2. The van der Waals surface area contributed by atoms with Crippen LogP contribution in [0.25, 0.3) is 0 Å². The Morgan fingerprint density at radius 2 is 1.81 bits per heavy atom. The lowest BCUT2D eigenvalue weighted by Gasteiger charge is -2.30. The second-order valence-corrected chi connectivity index (χ2v) is 7.31. The molecule has 0 spiro atoms. The van der Waals surface area contributed by atoms with Crippen molar-refractivity contribution in [3.63, 3.8) is 0 Å². The average molecular weight is 377 g/mol. The van der Waals surface area contributed by atoms with Crippen LogP contribution in [-0.4, -0.2) is 101 Å². The summed E-state index contributed by atoms with van der Waals surface area (Å²) in [6.07, 6.45) is 1.35. The molecule has 10 heteroatoms. The number of likely N-dealkylation sites (N-methyl/N-ethyl adjacent to an activating group) is 2. The van der Waals surface area contributed by atoms with Gasteiger partial charge < -0.3 is 5.73 Å². The number of Topliss-reactive ketones (excluding diaryl/α,β-unsaturated/α-hetero) is 1. The number of ketones is 1. The van der Waals surface area contributed by atoms with Crippen molar-refractivity contribution in [3.8, 4) is 0 Å². The molecule has 0 aromatic heterocycles. The summed E-state index contributed by atoms with van der Waals surface area (Å²) in [5.74, 6) is 0.0711. The van der Waals surface area contributed by atoms with Gasteiger partial charge in [0.1, 0.15) is 13.1 Å². The van der Waals surface area contributed by atoms with E-state index in [1.165, 1.54) is 18.9 Å². The van der Waals surface area contributed by atoms with Crippen LogP contribution in [0, 0.1) is 5.92 Å². The number of carbonyl (C=O) groups excluding carboxylic acids is 4. The lowest BCUT2D eigenvalue weighted by Crippen LogP contribution is -2.61. The molecule has 3 rings (SSSR count). The van der Waals surface area contributed by atoms with E-state index in [2.05, 4.69) is 9.89 Å². The topological polar surface area (TPSA) is 119 Å². The first kappa shape index (κ1) is 19.2. The third-order valence-electron chi connectivity index (χ3n) is 5.36. The molecule has 0 bridgehead atoms. The number of aliphatic imine (C=N–C) groups is 1. The molecule has 1 atom stereocenters. The van der Waals surface area contributed by atoms with E-state index < -0.39 is 12.1 Å². The van der Waals surface area contributed by atoms with E-state index in [0.29, 0.717) is 44.1 Å². The molecule has 3 heterocycles. The molecule has 146 valence electrons. The van der Waals surface area contributed by atoms with E-state index in [0.717, 1.165) is 4.90 Å². The van der Waals surface area contributed by atoms with Crippen LogP contribution in [0.2, 0.25) is 0 Å². The van der Waals surface area contributed by atoms with Gasteiger partial charge in [0.05, 0.1) is 0 Å². The Morgan fingerprint density at radius 3 is 2.37 bits per heavy atom. The van der Waals surface area contributed by atoms with Crippen molar-refractivity contribution in [2.75, 3.05) is 40.3 Å². The van der Waals surface area contributed by atoms with Crippen LogP contribution in [0.1, 0.15) is 19.8 Å². The van der Waals surface area contributed by atoms with Gasteiger partial charge in [-0.25, -0.2) is 9.37 Å². The highest BCUT2D eigenvalue weighted by atomic mass is 16.2. The van der Waals surface area contributed by atoms with E-state index in [1.807, 2.05) is 0 Å². The van der Waals surface area contributed by atoms with E-state index in [4.69, 9.17) is 5.73 Å². The maximum Gasteiger partial charge on any atom is 0.333 e. The zero-order valence-corrected chi connectivity index (χ0v) is 15.8. The number of rotatable bonds is 5. The van der Waals surface area contributed by atoms with Gasteiger partial charge in [0.25, 0.3) is 17.8 Å². The molecular formula is C17H25N6O4+. The molecular weight excluding hydrogens is 352 g/mol. The zero-order chi connectivity index (χ0) is 19.9. The maximum absolute atomic E-state index is 12.7. The molecule has 10 nitrogen and oxygen atoms in total. The Bertz CT molecular complexity index is 765. The van der Waals surface area contributed by atoms with Gasteiger partial charge in [0, 0.05) is 20.0 Å². The first-order valence-electron chi connectivity index (χ1n) is 8.98. The van der Waals surface area contributed by atoms with Crippen LogP contribution in [0.15, 0.2) is 4.99 Å². The number of primary amides is 1. The molecule has 0 aromatic rings. The highest BCUT2D eigenvalue weighted by Gasteiger charge is 2.53. The average Bonchev–Trinajstić information content (AvgIpc) is 2.96. The van der Waals surface area contributed by atoms with Gasteiger partial charge in [-0.3, -0.25) is 29.1 Å². The highest BCUT2D eigenvalue weighted by Crippen LogP contribution is 2.21. The predicted octanol–water partition coefficient (Wildman–Crippen LogP) is -1.51. The van der Waals surface area contributed by atoms with Crippen LogP contribution in [-0.2, 0) is 14.4 Å². The Balaban J connectivity index is 1.85. The summed E-state index contributed by atoms with van der Waals surface area (Å²) in [5, 5.41) is 0.